The molecule has 0 aliphatic heterocycles. The normalized spacial score (nSPS) is 10.6. The first-order valence-electron chi connectivity index (χ1n) is 7.58. The van der Waals surface area contributed by atoms with E-state index < -0.39 is 0 Å². The van der Waals surface area contributed by atoms with E-state index in [1.165, 1.54) is 23.9 Å². The van der Waals surface area contributed by atoms with Gasteiger partial charge in [0.2, 0.25) is 11.8 Å². The third-order valence-corrected chi connectivity index (χ3v) is 4.11. The van der Waals surface area contributed by atoms with Gasteiger partial charge in [-0.15, -0.1) is 10.2 Å². The Balaban J connectivity index is 1.42. The number of amides is 1. The second-order valence-electron chi connectivity index (χ2n) is 5.13. The maximum Gasteiger partial charge on any atom is 0.277 e. The number of nitrogens with zero attached hydrogens (tertiary/aromatic N) is 3. The summed E-state index contributed by atoms with van der Waals surface area (Å²) in [6, 6.07) is 9.81. The highest BCUT2D eigenvalue weighted by Crippen LogP contribution is 2.22. The van der Waals surface area contributed by atoms with Crippen molar-refractivity contribution in [3.05, 3.63) is 60.2 Å². The Morgan fingerprint density at radius 2 is 2.04 bits per heavy atom. The van der Waals surface area contributed by atoms with Crippen LogP contribution in [0.25, 0.3) is 11.5 Å². The number of rotatable bonds is 7. The van der Waals surface area contributed by atoms with Crippen LogP contribution in [0.3, 0.4) is 0 Å². The predicted octanol–water partition coefficient (Wildman–Crippen LogP) is 2.72. The Morgan fingerprint density at radius 1 is 1.20 bits per heavy atom. The molecule has 2 heterocycles. The van der Waals surface area contributed by atoms with Crippen molar-refractivity contribution in [2.75, 3.05) is 12.3 Å². The first kappa shape index (κ1) is 17.1. The first-order valence-corrected chi connectivity index (χ1v) is 8.57. The predicted molar refractivity (Wildman–Crippen MR) is 91.4 cm³/mol. The lowest BCUT2D eigenvalue weighted by Crippen LogP contribution is -2.27. The minimum atomic E-state index is -0.269. The van der Waals surface area contributed by atoms with Crippen molar-refractivity contribution in [2.45, 2.75) is 11.6 Å². The molecule has 0 aliphatic rings. The fraction of sp³-hybridized carbons (Fsp3) is 0.176. The molecule has 3 aromatic rings. The van der Waals surface area contributed by atoms with E-state index in [0.717, 1.165) is 11.1 Å². The Kier molecular flexibility index (Phi) is 5.73. The summed E-state index contributed by atoms with van der Waals surface area (Å²) < 4.78 is 18.3. The maximum absolute atomic E-state index is 12.8. The van der Waals surface area contributed by atoms with Gasteiger partial charge in [-0.05, 0) is 36.2 Å². The molecule has 25 heavy (non-hydrogen) atoms. The van der Waals surface area contributed by atoms with E-state index in [0.29, 0.717) is 24.1 Å². The average Bonchev–Trinajstić information content (AvgIpc) is 3.11. The number of nitrogens with one attached hydrogen (secondary N) is 1. The van der Waals surface area contributed by atoms with Crippen molar-refractivity contribution in [1.29, 1.82) is 0 Å². The lowest BCUT2D eigenvalue weighted by atomic mass is 10.1. The van der Waals surface area contributed by atoms with E-state index in [-0.39, 0.29) is 17.5 Å². The molecule has 1 aromatic carbocycles. The third kappa shape index (κ3) is 5.12. The van der Waals surface area contributed by atoms with Crippen LogP contribution in [0.1, 0.15) is 5.56 Å². The third-order valence-electron chi connectivity index (χ3n) is 3.29. The Bertz CT molecular complexity index is 824. The van der Waals surface area contributed by atoms with Crippen molar-refractivity contribution in [1.82, 2.24) is 20.5 Å². The van der Waals surface area contributed by atoms with Crippen molar-refractivity contribution in [2.24, 2.45) is 0 Å². The minimum absolute atomic E-state index is 0.131. The summed E-state index contributed by atoms with van der Waals surface area (Å²) in [6.07, 6.45) is 3.93. The molecule has 128 valence electrons. The topological polar surface area (TPSA) is 80.9 Å². The molecule has 0 aliphatic carbocycles. The number of carbonyl (C=O) groups excluding carboxylic acids is 1. The highest BCUT2D eigenvalue weighted by atomic mass is 32.2. The molecule has 1 N–H and O–H groups in total. The maximum atomic E-state index is 12.8. The summed E-state index contributed by atoms with van der Waals surface area (Å²) >= 11 is 1.17. The second-order valence-corrected chi connectivity index (χ2v) is 6.06. The molecule has 0 saturated heterocycles. The SMILES string of the molecule is O=C(CSc1nnc(-c2cccnc2)o1)NCCc1ccc(F)cc1. The smallest absolute Gasteiger partial charge is 0.277 e. The number of carbonyl (C=O) groups is 1. The van der Waals surface area contributed by atoms with Gasteiger partial charge in [-0.25, -0.2) is 4.39 Å². The summed E-state index contributed by atoms with van der Waals surface area (Å²) in [7, 11) is 0. The van der Waals surface area contributed by atoms with Crippen molar-refractivity contribution < 1.29 is 13.6 Å². The Hall–Kier alpha value is -2.74. The molecule has 1 amide bonds. The zero-order valence-corrected chi connectivity index (χ0v) is 14.0. The molecule has 0 radical (unpaired) electrons. The zero-order chi connectivity index (χ0) is 17.5. The lowest BCUT2D eigenvalue weighted by molar-refractivity contribution is -0.118. The second kappa shape index (κ2) is 8.39. The van der Waals surface area contributed by atoms with Crippen molar-refractivity contribution in [3.8, 4) is 11.5 Å². The first-order chi connectivity index (χ1) is 12.2. The standard InChI is InChI=1S/C17H15FN4O2S/c18-14-5-3-12(4-6-14)7-9-20-15(23)11-25-17-22-21-16(24-17)13-2-1-8-19-10-13/h1-6,8,10H,7,9,11H2,(H,20,23). The van der Waals surface area contributed by atoms with E-state index >= 15 is 0 Å². The summed E-state index contributed by atoms with van der Waals surface area (Å²) in [5.41, 5.74) is 1.69. The van der Waals surface area contributed by atoms with Gasteiger partial charge < -0.3 is 9.73 Å². The number of halogens is 1. The average molecular weight is 358 g/mol. The fourth-order valence-electron chi connectivity index (χ4n) is 2.05. The number of aromatic nitrogens is 3. The monoisotopic (exact) mass is 358 g/mol. The van der Waals surface area contributed by atoms with Crippen LogP contribution in [-0.2, 0) is 11.2 Å². The van der Waals surface area contributed by atoms with E-state index in [2.05, 4.69) is 20.5 Å². The number of hydrogen-bond acceptors (Lipinski definition) is 6. The van der Waals surface area contributed by atoms with Gasteiger partial charge in [-0.2, -0.15) is 0 Å². The summed E-state index contributed by atoms with van der Waals surface area (Å²) in [5.74, 6) is 0.146. The Morgan fingerprint density at radius 3 is 2.80 bits per heavy atom. The van der Waals surface area contributed by atoms with E-state index in [4.69, 9.17) is 4.42 Å². The quantitative estimate of drug-likeness (QED) is 0.654. The van der Waals surface area contributed by atoms with Crippen LogP contribution in [0.4, 0.5) is 4.39 Å². The van der Waals surface area contributed by atoms with Gasteiger partial charge in [-0.3, -0.25) is 9.78 Å². The van der Waals surface area contributed by atoms with E-state index in [1.807, 2.05) is 6.07 Å². The number of benzene rings is 1. The van der Waals surface area contributed by atoms with Gasteiger partial charge in [0.15, 0.2) is 0 Å². The van der Waals surface area contributed by atoms with Gasteiger partial charge in [0.25, 0.3) is 5.22 Å². The van der Waals surface area contributed by atoms with Gasteiger partial charge >= 0.3 is 0 Å². The molecule has 0 fully saturated rings. The lowest BCUT2D eigenvalue weighted by Gasteiger charge is -2.04. The van der Waals surface area contributed by atoms with Crippen LogP contribution < -0.4 is 5.32 Å². The molecular formula is C17H15FN4O2S. The molecule has 8 heteroatoms. The van der Waals surface area contributed by atoms with Crippen LogP contribution >= 0.6 is 11.8 Å². The molecule has 0 saturated carbocycles. The number of pyridine rings is 1. The summed E-state index contributed by atoms with van der Waals surface area (Å²) in [6.45, 7) is 0.482. The van der Waals surface area contributed by atoms with Crippen LogP contribution in [-0.4, -0.2) is 33.4 Å². The van der Waals surface area contributed by atoms with E-state index in [9.17, 15) is 9.18 Å². The highest BCUT2D eigenvalue weighted by molar-refractivity contribution is 7.99. The fourth-order valence-corrected chi connectivity index (χ4v) is 2.64. The molecular weight excluding hydrogens is 343 g/mol. The van der Waals surface area contributed by atoms with Crippen LogP contribution in [0.5, 0.6) is 0 Å². The number of hydrogen-bond donors (Lipinski definition) is 1. The molecule has 6 nitrogen and oxygen atoms in total. The molecule has 2 aromatic heterocycles. The Labute approximate surface area is 147 Å². The van der Waals surface area contributed by atoms with Gasteiger partial charge in [0.1, 0.15) is 5.82 Å². The van der Waals surface area contributed by atoms with Crippen LogP contribution in [0, 0.1) is 5.82 Å². The van der Waals surface area contributed by atoms with Crippen molar-refractivity contribution >= 4 is 17.7 Å². The highest BCUT2D eigenvalue weighted by Gasteiger charge is 2.11. The van der Waals surface area contributed by atoms with Gasteiger partial charge in [-0.1, -0.05) is 23.9 Å². The van der Waals surface area contributed by atoms with Crippen LogP contribution in [0.15, 0.2) is 58.4 Å². The van der Waals surface area contributed by atoms with E-state index in [1.54, 1.807) is 30.6 Å². The van der Waals surface area contributed by atoms with Crippen molar-refractivity contribution in [3.63, 3.8) is 0 Å². The van der Waals surface area contributed by atoms with Gasteiger partial charge in [0, 0.05) is 18.9 Å². The molecule has 0 atom stereocenters. The number of thioether (sulfide) groups is 1. The van der Waals surface area contributed by atoms with Gasteiger partial charge in [0.05, 0.1) is 11.3 Å². The zero-order valence-electron chi connectivity index (χ0n) is 13.2. The molecule has 0 spiro atoms. The van der Waals surface area contributed by atoms with Crippen LogP contribution in [0.2, 0.25) is 0 Å². The molecule has 3 rings (SSSR count). The minimum Gasteiger partial charge on any atom is -0.411 e. The molecule has 0 unspecified atom stereocenters. The largest absolute Gasteiger partial charge is 0.411 e. The molecule has 0 bridgehead atoms. The summed E-state index contributed by atoms with van der Waals surface area (Å²) in [5, 5.41) is 11.0. The summed E-state index contributed by atoms with van der Waals surface area (Å²) in [4.78, 5) is 15.8.